The molecule has 0 aromatic heterocycles. The molecule has 1 fully saturated rings. The Morgan fingerprint density at radius 3 is 2.57 bits per heavy atom. The van der Waals surface area contributed by atoms with Gasteiger partial charge in [0.2, 0.25) is 0 Å². The van der Waals surface area contributed by atoms with Crippen LogP contribution in [0, 0.1) is 0 Å². The van der Waals surface area contributed by atoms with Gasteiger partial charge in [-0.25, -0.2) is 0 Å². The largest absolute Gasteiger partial charge is 0.490 e. The molecule has 0 bridgehead atoms. The lowest BCUT2D eigenvalue weighted by molar-refractivity contribution is 0.110. The molecule has 14 heavy (non-hydrogen) atoms. The third kappa shape index (κ3) is 1.82. The van der Waals surface area contributed by atoms with Crippen molar-refractivity contribution in [2.45, 2.75) is 18.9 Å². The van der Waals surface area contributed by atoms with Crippen molar-refractivity contribution >= 4 is 12.6 Å². The summed E-state index contributed by atoms with van der Waals surface area (Å²) < 4.78 is 5.50. The molecule has 1 aliphatic rings. The zero-order valence-electron chi connectivity index (χ0n) is 7.60. The summed E-state index contributed by atoms with van der Waals surface area (Å²) in [7, 11) is 0. The van der Waals surface area contributed by atoms with E-state index in [1.54, 1.807) is 18.2 Å². The zero-order valence-corrected chi connectivity index (χ0v) is 7.60. The topological polar surface area (TPSA) is 43.4 Å². The highest BCUT2D eigenvalue weighted by atomic mass is 16.5. The summed E-state index contributed by atoms with van der Waals surface area (Å²) in [4.78, 5) is 21.2. The van der Waals surface area contributed by atoms with Gasteiger partial charge in [0.1, 0.15) is 12.0 Å². The first-order valence-corrected chi connectivity index (χ1v) is 4.54. The quantitative estimate of drug-likeness (QED) is 0.680. The predicted molar refractivity (Wildman–Crippen MR) is 50.9 cm³/mol. The third-order valence-corrected chi connectivity index (χ3v) is 2.12. The summed E-state index contributed by atoms with van der Waals surface area (Å²) in [6, 6.07) is 4.82. The first-order chi connectivity index (χ1) is 6.83. The average molecular weight is 190 g/mol. The molecule has 1 aromatic rings. The average Bonchev–Trinajstić information content (AvgIpc) is 3.01. The number of hydrogen-bond donors (Lipinski definition) is 0. The standard InChI is InChI=1S/C11H10O3/c12-6-8-1-2-9(7-13)11(5-8)14-10-3-4-10/h1-2,5-7,10H,3-4H2. The monoisotopic (exact) mass is 190 g/mol. The SMILES string of the molecule is O=Cc1ccc(C=O)c(OC2CC2)c1. The van der Waals surface area contributed by atoms with Crippen LogP contribution in [0.3, 0.4) is 0 Å². The van der Waals surface area contributed by atoms with Gasteiger partial charge >= 0.3 is 0 Å². The Bertz CT molecular complexity index is 367. The molecule has 0 heterocycles. The summed E-state index contributed by atoms with van der Waals surface area (Å²) in [5, 5.41) is 0. The van der Waals surface area contributed by atoms with Gasteiger partial charge in [-0.05, 0) is 25.0 Å². The van der Waals surface area contributed by atoms with Gasteiger partial charge in [-0.3, -0.25) is 9.59 Å². The van der Waals surface area contributed by atoms with E-state index < -0.39 is 0 Å². The summed E-state index contributed by atoms with van der Waals surface area (Å²) in [5.74, 6) is 0.520. The fourth-order valence-corrected chi connectivity index (χ4v) is 1.19. The maximum Gasteiger partial charge on any atom is 0.153 e. The van der Waals surface area contributed by atoms with E-state index >= 15 is 0 Å². The predicted octanol–water partition coefficient (Wildman–Crippen LogP) is 1.85. The first kappa shape index (κ1) is 8.94. The Hall–Kier alpha value is -1.64. The van der Waals surface area contributed by atoms with E-state index in [2.05, 4.69) is 0 Å². The van der Waals surface area contributed by atoms with Gasteiger partial charge in [-0.15, -0.1) is 0 Å². The molecule has 0 spiro atoms. The third-order valence-electron chi connectivity index (χ3n) is 2.12. The highest BCUT2D eigenvalue weighted by Gasteiger charge is 2.24. The Morgan fingerprint density at radius 2 is 2.00 bits per heavy atom. The van der Waals surface area contributed by atoms with Crippen LogP contribution in [-0.4, -0.2) is 18.7 Å². The van der Waals surface area contributed by atoms with Crippen LogP contribution in [-0.2, 0) is 0 Å². The van der Waals surface area contributed by atoms with E-state index in [1.807, 2.05) is 0 Å². The van der Waals surface area contributed by atoms with Crippen molar-refractivity contribution in [1.29, 1.82) is 0 Å². The molecule has 0 N–H and O–H groups in total. The lowest BCUT2D eigenvalue weighted by Gasteiger charge is -2.06. The zero-order chi connectivity index (χ0) is 9.97. The van der Waals surface area contributed by atoms with Crippen molar-refractivity contribution in [3.05, 3.63) is 29.3 Å². The van der Waals surface area contributed by atoms with E-state index in [9.17, 15) is 9.59 Å². The molecule has 3 nitrogen and oxygen atoms in total. The molecule has 0 saturated heterocycles. The smallest absolute Gasteiger partial charge is 0.153 e. The molecular formula is C11H10O3. The molecule has 1 aliphatic carbocycles. The number of rotatable bonds is 4. The molecule has 1 saturated carbocycles. The van der Waals surface area contributed by atoms with Crippen molar-refractivity contribution in [2.75, 3.05) is 0 Å². The summed E-state index contributed by atoms with van der Waals surface area (Å²) in [6.07, 6.45) is 3.78. The van der Waals surface area contributed by atoms with Crippen LogP contribution in [0.1, 0.15) is 33.6 Å². The molecule has 0 amide bonds. The Balaban J connectivity index is 2.30. The van der Waals surface area contributed by atoms with Crippen LogP contribution in [0.15, 0.2) is 18.2 Å². The molecule has 2 rings (SSSR count). The fraction of sp³-hybridized carbons (Fsp3) is 0.273. The normalized spacial score (nSPS) is 14.9. The highest BCUT2D eigenvalue weighted by molar-refractivity contribution is 5.83. The Labute approximate surface area is 81.7 Å². The van der Waals surface area contributed by atoms with Gasteiger partial charge in [0.15, 0.2) is 6.29 Å². The first-order valence-electron chi connectivity index (χ1n) is 4.54. The highest BCUT2D eigenvalue weighted by Crippen LogP contribution is 2.28. The second-order valence-electron chi connectivity index (χ2n) is 3.35. The molecule has 0 unspecified atom stereocenters. The molecule has 3 heteroatoms. The maximum absolute atomic E-state index is 10.7. The molecule has 0 radical (unpaired) electrons. The number of benzene rings is 1. The molecule has 0 atom stereocenters. The van der Waals surface area contributed by atoms with E-state index in [-0.39, 0.29) is 6.10 Å². The summed E-state index contributed by atoms with van der Waals surface area (Å²) in [6.45, 7) is 0. The van der Waals surface area contributed by atoms with Crippen molar-refractivity contribution < 1.29 is 14.3 Å². The van der Waals surface area contributed by atoms with Gasteiger partial charge in [0.25, 0.3) is 0 Å². The van der Waals surface area contributed by atoms with Gasteiger partial charge in [0, 0.05) is 5.56 Å². The number of hydrogen-bond acceptors (Lipinski definition) is 3. The molecule has 1 aromatic carbocycles. The van der Waals surface area contributed by atoms with Crippen LogP contribution in [0.4, 0.5) is 0 Å². The van der Waals surface area contributed by atoms with Crippen LogP contribution in [0.5, 0.6) is 5.75 Å². The molecule has 72 valence electrons. The van der Waals surface area contributed by atoms with E-state index in [0.29, 0.717) is 16.9 Å². The second-order valence-corrected chi connectivity index (χ2v) is 3.35. The van der Waals surface area contributed by atoms with E-state index in [1.165, 1.54) is 0 Å². The lowest BCUT2D eigenvalue weighted by Crippen LogP contribution is -2.00. The van der Waals surface area contributed by atoms with Gasteiger partial charge in [-0.2, -0.15) is 0 Å². The molecular weight excluding hydrogens is 180 g/mol. The Morgan fingerprint density at radius 1 is 1.21 bits per heavy atom. The summed E-state index contributed by atoms with van der Waals surface area (Å²) >= 11 is 0. The van der Waals surface area contributed by atoms with Crippen LogP contribution in [0.25, 0.3) is 0 Å². The van der Waals surface area contributed by atoms with E-state index in [0.717, 1.165) is 25.4 Å². The van der Waals surface area contributed by atoms with Gasteiger partial charge in [-0.1, -0.05) is 6.07 Å². The minimum atomic E-state index is 0.232. The number of aldehydes is 2. The fourth-order valence-electron chi connectivity index (χ4n) is 1.19. The van der Waals surface area contributed by atoms with Crippen LogP contribution >= 0.6 is 0 Å². The van der Waals surface area contributed by atoms with Crippen molar-refractivity contribution in [3.63, 3.8) is 0 Å². The Kier molecular flexibility index (Phi) is 2.31. The van der Waals surface area contributed by atoms with Crippen molar-refractivity contribution in [1.82, 2.24) is 0 Å². The minimum absolute atomic E-state index is 0.232. The maximum atomic E-state index is 10.7. The van der Waals surface area contributed by atoms with Gasteiger partial charge < -0.3 is 4.74 Å². The van der Waals surface area contributed by atoms with Crippen LogP contribution in [0.2, 0.25) is 0 Å². The number of carbonyl (C=O) groups is 2. The lowest BCUT2D eigenvalue weighted by atomic mass is 10.1. The van der Waals surface area contributed by atoms with Crippen molar-refractivity contribution in [2.24, 2.45) is 0 Å². The van der Waals surface area contributed by atoms with Gasteiger partial charge in [0.05, 0.1) is 11.7 Å². The summed E-state index contributed by atoms with van der Waals surface area (Å²) in [5.41, 5.74) is 1.04. The van der Waals surface area contributed by atoms with E-state index in [4.69, 9.17) is 4.74 Å². The van der Waals surface area contributed by atoms with Crippen molar-refractivity contribution in [3.8, 4) is 5.75 Å². The number of ether oxygens (including phenoxy) is 1. The molecule has 0 aliphatic heterocycles. The number of carbonyl (C=O) groups excluding carboxylic acids is 2. The second kappa shape index (κ2) is 3.62. The van der Waals surface area contributed by atoms with Crippen LogP contribution < -0.4 is 4.74 Å². The minimum Gasteiger partial charge on any atom is -0.490 e.